The van der Waals surface area contributed by atoms with Crippen LogP contribution in [0.2, 0.25) is 0 Å². The lowest BCUT2D eigenvalue weighted by molar-refractivity contribution is -0.143. The predicted molar refractivity (Wildman–Crippen MR) is 97.8 cm³/mol. The second-order valence-electron chi connectivity index (χ2n) is 5.50. The predicted octanol–water partition coefficient (Wildman–Crippen LogP) is 3.59. The van der Waals surface area contributed by atoms with Gasteiger partial charge in [-0.05, 0) is 30.5 Å². The molecule has 2 aromatic carbocycles. The molecule has 5 nitrogen and oxygen atoms in total. The van der Waals surface area contributed by atoms with Crippen LogP contribution in [-0.4, -0.2) is 35.6 Å². The molecule has 0 aromatic heterocycles. The van der Waals surface area contributed by atoms with Gasteiger partial charge in [0.2, 0.25) is 0 Å². The first-order valence-corrected chi connectivity index (χ1v) is 8.79. The molecule has 0 bridgehead atoms. The smallest absolute Gasteiger partial charge is 0.405 e. The van der Waals surface area contributed by atoms with Gasteiger partial charge < -0.3 is 15.2 Å². The van der Waals surface area contributed by atoms with Gasteiger partial charge in [-0.15, -0.1) is 11.8 Å². The fourth-order valence-corrected chi connectivity index (χ4v) is 3.77. The maximum atomic E-state index is 11.9. The third-order valence-electron chi connectivity index (χ3n) is 3.63. The van der Waals surface area contributed by atoms with Crippen molar-refractivity contribution in [3.05, 3.63) is 66.2 Å². The Kier molecular flexibility index (Phi) is 7.35. The van der Waals surface area contributed by atoms with E-state index in [1.165, 1.54) is 7.11 Å². The summed E-state index contributed by atoms with van der Waals surface area (Å²) in [5.74, 6) is -0.575. The number of esters is 1. The average Bonchev–Trinajstić information content (AvgIpc) is 2.61. The summed E-state index contributed by atoms with van der Waals surface area (Å²) < 4.78 is 4.74. The van der Waals surface area contributed by atoms with Gasteiger partial charge >= 0.3 is 12.1 Å². The monoisotopic (exact) mass is 359 g/mol. The number of amides is 1. The highest BCUT2D eigenvalue weighted by atomic mass is 32.2. The lowest BCUT2D eigenvalue weighted by Gasteiger charge is -2.22. The van der Waals surface area contributed by atoms with E-state index in [0.717, 1.165) is 16.9 Å². The van der Waals surface area contributed by atoms with Crippen LogP contribution in [0.25, 0.3) is 0 Å². The number of benzene rings is 2. The Labute approximate surface area is 151 Å². The maximum absolute atomic E-state index is 11.9. The van der Waals surface area contributed by atoms with Crippen molar-refractivity contribution >= 4 is 23.8 Å². The number of ether oxygens (including phenoxy) is 1. The summed E-state index contributed by atoms with van der Waals surface area (Å²) in [6.07, 6.45) is -0.179. The molecule has 2 N–H and O–H groups in total. The van der Waals surface area contributed by atoms with E-state index in [1.807, 2.05) is 60.7 Å². The zero-order chi connectivity index (χ0) is 18.1. The minimum Gasteiger partial charge on any atom is -0.467 e. The molecule has 2 rings (SSSR count). The first kappa shape index (κ1) is 18.9. The molecule has 0 fully saturated rings. The van der Waals surface area contributed by atoms with E-state index in [0.29, 0.717) is 6.42 Å². The molecule has 0 radical (unpaired) electrons. The fourth-order valence-electron chi connectivity index (χ4n) is 2.51. The highest BCUT2D eigenvalue weighted by Gasteiger charge is 2.26. The number of carbonyl (C=O) groups excluding carboxylic acids is 1. The van der Waals surface area contributed by atoms with E-state index in [4.69, 9.17) is 9.84 Å². The number of hydrogen-bond donors (Lipinski definition) is 2. The summed E-state index contributed by atoms with van der Waals surface area (Å²) in [4.78, 5) is 24.0. The summed E-state index contributed by atoms with van der Waals surface area (Å²) in [6, 6.07) is 18.9. The highest BCUT2D eigenvalue weighted by molar-refractivity contribution is 8.00. The van der Waals surface area contributed by atoms with Crippen LogP contribution < -0.4 is 5.32 Å². The summed E-state index contributed by atoms with van der Waals surface area (Å²) in [5.41, 5.74) is 1.13. The van der Waals surface area contributed by atoms with Crippen LogP contribution in [0, 0.1) is 0 Å². The molecule has 0 spiro atoms. The van der Waals surface area contributed by atoms with Crippen LogP contribution in [0.4, 0.5) is 4.79 Å². The molecule has 0 aliphatic heterocycles. The Hall–Kier alpha value is -2.47. The van der Waals surface area contributed by atoms with Gasteiger partial charge in [-0.3, -0.25) is 0 Å². The summed E-state index contributed by atoms with van der Waals surface area (Å²) in [6.45, 7) is 0. The standard InChI is InChI=1S/C19H21NO4S/c1-24-18(21)17(20-19(22)23)13-16(12-14-8-4-2-5-9-14)25-15-10-6-3-7-11-15/h2-11,16-17,20H,12-13H2,1H3,(H,22,23). The first-order chi connectivity index (χ1) is 12.1. The average molecular weight is 359 g/mol. The maximum Gasteiger partial charge on any atom is 0.405 e. The van der Waals surface area contributed by atoms with E-state index >= 15 is 0 Å². The topological polar surface area (TPSA) is 75.6 Å². The van der Waals surface area contributed by atoms with E-state index in [9.17, 15) is 9.59 Å². The van der Waals surface area contributed by atoms with Crippen LogP contribution in [-0.2, 0) is 16.0 Å². The van der Waals surface area contributed by atoms with E-state index < -0.39 is 18.1 Å². The molecule has 6 heteroatoms. The van der Waals surface area contributed by atoms with Crippen molar-refractivity contribution in [3.8, 4) is 0 Å². The number of rotatable bonds is 8. The first-order valence-electron chi connectivity index (χ1n) is 7.91. The van der Waals surface area contributed by atoms with Crippen LogP contribution in [0.3, 0.4) is 0 Å². The normalized spacial score (nSPS) is 12.8. The van der Waals surface area contributed by atoms with Gasteiger partial charge in [0, 0.05) is 10.1 Å². The lowest BCUT2D eigenvalue weighted by atomic mass is 10.0. The van der Waals surface area contributed by atoms with Crippen molar-refractivity contribution in [3.63, 3.8) is 0 Å². The molecular formula is C19H21NO4S. The Morgan fingerprint density at radius 1 is 1.08 bits per heavy atom. The number of carbonyl (C=O) groups is 2. The molecule has 2 atom stereocenters. The molecule has 0 heterocycles. The number of methoxy groups -OCH3 is 1. The Bertz CT molecular complexity index is 637. The number of hydrogen-bond acceptors (Lipinski definition) is 4. The highest BCUT2D eigenvalue weighted by Crippen LogP contribution is 2.29. The molecule has 132 valence electrons. The van der Waals surface area contributed by atoms with E-state index in [1.54, 1.807) is 11.8 Å². The molecular weight excluding hydrogens is 338 g/mol. The van der Waals surface area contributed by atoms with E-state index in [2.05, 4.69) is 5.32 Å². The van der Waals surface area contributed by atoms with Crippen molar-refractivity contribution in [2.24, 2.45) is 0 Å². The number of thioether (sulfide) groups is 1. The van der Waals surface area contributed by atoms with Crippen molar-refractivity contribution in [1.82, 2.24) is 5.32 Å². The van der Waals surface area contributed by atoms with Gasteiger partial charge in [-0.1, -0.05) is 48.5 Å². The largest absolute Gasteiger partial charge is 0.467 e. The molecule has 1 amide bonds. The van der Waals surface area contributed by atoms with Crippen molar-refractivity contribution in [2.45, 2.75) is 29.0 Å². The molecule has 2 unspecified atom stereocenters. The zero-order valence-electron chi connectivity index (χ0n) is 13.9. The molecule has 0 saturated heterocycles. The van der Waals surface area contributed by atoms with Gasteiger partial charge in [-0.25, -0.2) is 9.59 Å². The SMILES string of the molecule is COC(=O)C(CC(Cc1ccccc1)Sc1ccccc1)NC(=O)O. The van der Waals surface area contributed by atoms with Crippen molar-refractivity contribution < 1.29 is 19.4 Å². The van der Waals surface area contributed by atoms with E-state index in [-0.39, 0.29) is 5.25 Å². The molecule has 0 aliphatic carbocycles. The van der Waals surface area contributed by atoms with Crippen LogP contribution in [0.1, 0.15) is 12.0 Å². The molecule has 2 aromatic rings. The lowest BCUT2D eigenvalue weighted by Crippen LogP contribution is -2.42. The van der Waals surface area contributed by atoms with Crippen LogP contribution >= 0.6 is 11.8 Å². The minimum atomic E-state index is -1.24. The quantitative estimate of drug-likeness (QED) is 0.556. The summed E-state index contributed by atoms with van der Waals surface area (Å²) in [5, 5.41) is 11.3. The van der Waals surface area contributed by atoms with Crippen LogP contribution in [0.15, 0.2) is 65.6 Å². The number of carboxylic acid groups (broad SMARTS) is 1. The van der Waals surface area contributed by atoms with Crippen molar-refractivity contribution in [1.29, 1.82) is 0 Å². The van der Waals surface area contributed by atoms with Gasteiger partial charge in [0.1, 0.15) is 6.04 Å². The molecule has 0 saturated carbocycles. The van der Waals surface area contributed by atoms with Gasteiger partial charge in [-0.2, -0.15) is 0 Å². The summed E-state index contributed by atoms with van der Waals surface area (Å²) in [7, 11) is 1.26. The Balaban J connectivity index is 2.16. The number of nitrogens with one attached hydrogen (secondary N) is 1. The minimum absolute atomic E-state index is 0.0146. The van der Waals surface area contributed by atoms with Crippen LogP contribution in [0.5, 0.6) is 0 Å². The Morgan fingerprint density at radius 3 is 2.24 bits per heavy atom. The third kappa shape index (κ3) is 6.51. The Morgan fingerprint density at radius 2 is 1.68 bits per heavy atom. The van der Waals surface area contributed by atoms with Gasteiger partial charge in [0.15, 0.2) is 0 Å². The van der Waals surface area contributed by atoms with Crippen molar-refractivity contribution in [2.75, 3.05) is 7.11 Å². The fraction of sp³-hybridized carbons (Fsp3) is 0.263. The second kappa shape index (κ2) is 9.74. The molecule has 25 heavy (non-hydrogen) atoms. The second-order valence-corrected chi connectivity index (χ2v) is 6.88. The van der Waals surface area contributed by atoms with Gasteiger partial charge in [0.25, 0.3) is 0 Å². The van der Waals surface area contributed by atoms with Gasteiger partial charge in [0.05, 0.1) is 7.11 Å². The summed E-state index contributed by atoms with van der Waals surface area (Å²) >= 11 is 1.63. The third-order valence-corrected chi connectivity index (χ3v) is 4.87. The molecule has 0 aliphatic rings. The zero-order valence-corrected chi connectivity index (χ0v) is 14.7.